The van der Waals surface area contributed by atoms with Gasteiger partial charge in [-0.15, -0.1) is 0 Å². The van der Waals surface area contributed by atoms with Gasteiger partial charge in [0.1, 0.15) is 5.75 Å². The predicted octanol–water partition coefficient (Wildman–Crippen LogP) is 6.88. The molecule has 0 spiro atoms. The average molecular weight is 428 g/mol. The third kappa shape index (κ3) is 3.00. The largest absolute Gasteiger partial charge is 0.508 e. The summed E-state index contributed by atoms with van der Waals surface area (Å²) in [6.45, 7) is 4.26. The van der Waals surface area contributed by atoms with Gasteiger partial charge in [-0.1, -0.05) is 74.0 Å². The van der Waals surface area contributed by atoms with Gasteiger partial charge in [-0.3, -0.25) is 9.69 Å². The molecule has 1 N–H and O–H groups in total. The van der Waals surface area contributed by atoms with Gasteiger partial charge < -0.3 is 5.11 Å². The van der Waals surface area contributed by atoms with E-state index in [1.165, 1.54) is 0 Å². The normalized spacial score (nSPS) is 17.0. The molecular formula is C27H22ClNO2. The number of halogens is 1. The molecule has 1 heterocycles. The standard InChI is InChI=1S/C27H22ClNO2/c1-27(2)21-9-5-6-10-22(21)29(26(31)18-11-14-19(28)15-12-18)25(27)24-20-8-4-3-7-17(20)13-16-23(24)30/h3-16,25,30H,1-2H3/t25-/m1/s1. The fourth-order valence-electron chi connectivity index (χ4n) is 4.86. The molecule has 0 aliphatic carbocycles. The lowest BCUT2D eigenvalue weighted by Gasteiger charge is -2.35. The number of benzene rings is 4. The molecule has 1 aliphatic rings. The van der Waals surface area contributed by atoms with Crippen molar-refractivity contribution in [3.8, 4) is 5.75 Å². The molecule has 4 aromatic carbocycles. The predicted molar refractivity (Wildman–Crippen MR) is 126 cm³/mol. The van der Waals surface area contributed by atoms with Gasteiger partial charge in [0.15, 0.2) is 0 Å². The van der Waals surface area contributed by atoms with Crippen LogP contribution < -0.4 is 4.90 Å². The van der Waals surface area contributed by atoms with E-state index in [1.807, 2.05) is 53.4 Å². The number of carbonyl (C=O) groups excluding carboxylic acids is 1. The minimum Gasteiger partial charge on any atom is -0.508 e. The van der Waals surface area contributed by atoms with Crippen LogP contribution in [0.25, 0.3) is 10.8 Å². The van der Waals surface area contributed by atoms with E-state index in [9.17, 15) is 9.90 Å². The minimum atomic E-state index is -0.416. The van der Waals surface area contributed by atoms with Crippen LogP contribution in [0.4, 0.5) is 5.69 Å². The van der Waals surface area contributed by atoms with Gasteiger partial charge in [-0.25, -0.2) is 0 Å². The monoisotopic (exact) mass is 427 g/mol. The molecule has 5 rings (SSSR count). The first kappa shape index (κ1) is 19.7. The van der Waals surface area contributed by atoms with Gasteiger partial charge in [0.2, 0.25) is 0 Å². The molecule has 0 radical (unpaired) electrons. The quantitative estimate of drug-likeness (QED) is 0.379. The molecule has 0 unspecified atom stereocenters. The molecule has 0 fully saturated rings. The van der Waals surface area contributed by atoms with E-state index in [-0.39, 0.29) is 17.7 Å². The van der Waals surface area contributed by atoms with Crippen LogP contribution in [-0.4, -0.2) is 11.0 Å². The molecular weight excluding hydrogens is 406 g/mol. The number of rotatable bonds is 2. The lowest BCUT2D eigenvalue weighted by Crippen LogP contribution is -2.38. The SMILES string of the molecule is CC1(C)c2ccccc2N(C(=O)c2ccc(Cl)cc2)[C@@H]1c1c(O)ccc2ccccc12. The molecule has 1 atom stereocenters. The maximum Gasteiger partial charge on any atom is 0.258 e. The van der Waals surface area contributed by atoms with Gasteiger partial charge in [0.05, 0.1) is 6.04 Å². The Kier molecular flexibility index (Phi) is 4.53. The molecule has 0 aromatic heterocycles. The van der Waals surface area contributed by atoms with Gasteiger partial charge in [-0.05, 0) is 52.7 Å². The Labute approximate surface area is 186 Å². The van der Waals surface area contributed by atoms with E-state index in [2.05, 4.69) is 19.9 Å². The number of fused-ring (bicyclic) bond motifs is 2. The van der Waals surface area contributed by atoms with E-state index in [1.54, 1.807) is 30.3 Å². The summed E-state index contributed by atoms with van der Waals surface area (Å²) in [4.78, 5) is 15.7. The third-order valence-electron chi connectivity index (χ3n) is 6.33. The topological polar surface area (TPSA) is 40.5 Å². The van der Waals surface area contributed by atoms with Gasteiger partial charge in [0, 0.05) is 27.3 Å². The summed E-state index contributed by atoms with van der Waals surface area (Å²) in [5, 5.41) is 13.6. The number of anilines is 1. The fourth-order valence-corrected chi connectivity index (χ4v) is 4.98. The second kappa shape index (κ2) is 7.14. The first-order valence-corrected chi connectivity index (χ1v) is 10.7. The van der Waals surface area contributed by atoms with E-state index in [4.69, 9.17) is 11.6 Å². The summed E-state index contributed by atoms with van der Waals surface area (Å²) in [6.07, 6.45) is 0. The number of para-hydroxylation sites is 1. The van der Waals surface area contributed by atoms with Gasteiger partial charge in [-0.2, -0.15) is 0 Å². The van der Waals surface area contributed by atoms with Crippen molar-refractivity contribution in [2.45, 2.75) is 25.3 Å². The molecule has 4 heteroatoms. The van der Waals surface area contributed by atoms with Crippen molar-refractivity contribution in [1.29, 1.82) is 0 Å². The second-order valence-corrected chi connectivity index (χ2v) is 8.98. The Morgan fingerprint density at radius 3 is 2.35 bits per heavy atom. The lowest BCUT2D eigenvalue weighted by molar-refractivity contribution is 0.0971. The minimum absolute atomic E-state index is 0.118. The number of nitrogens with zero attached hydrogens (tertiary/aromatic N) is 1. The molecule has 3 nitrogen and oxygen atoms in total. The van der Waals surface area contributed by atoms with Crippen molar-refractivity contribution >= 4 is 34.0 Å². The first-order chi connectivity index (χ1) is 14.9. The van der Waals surface area contributed by atoms with Crippen molar-refractivity contribution in [1.82, 2.24) is 0 Å². The number of phenolic OH excluding ortho intramolecular Hbond substituents is 1. The summed E-state index contributed by atoms with van der Waals surface area (Å²) in [5.41, 5.74) is 2.85. The average Bonchev–Trinajstić information content (AvgIpc) is 3.01. The molecule has 0 saturated heterocycles. The van der Waals surface area contributed by atoms with E-state index in [0.29, 0.717) is 10.6 Å². The Balaban J connectivity index is 1.78. The Morgan fingerprint density at radius 2 is 1.58 bits per heavy atom. The van der Waals surface area contributed by atoms with Crippen LogP contribution in [0.3, 0.4) is 0 Å². The summed E-state index contributed by atoms with van der Waals surface area (Å²) in [7, 11) is 0. The van der Waals surface area contributed by atoms with Crippen LogP contribution in [0.1, 0.15) is 41.4 Å². The van der Waals surface area contributed by atoms with Gasteiger partial charge in [0.25, 0.3) is 5.91 Å². The molecule has 1 aliphatic heterocycles. The van der Waals surface area contributed by atoms with Crippen LogP contribution in [0.2, 0.25) is 5.02 Å². The van der Waals surface area contributed by atoms with Crippen molar-refractivity contribution in [2.24, 2.45) is 0 Å². The highest BCUT2D eigenvalue weighted by molar-refractivity contribution is 6.30. The highest BCUT2D eigenvalue weighted by atomic mass is 35.5. The number of aromatic hydroxyl groups is 1. The zero-order valence-corrected chi connectivity index (χ0v) is 18.1. The molecule has 154 valence electrons. The molecule has 0 saturated carbocycles. The van der Waals surface area contributed by atoms with E-state index < -0.39 is 5.41 Å². The van der Waals surface area contributed by atoms with Crippen LogP contribution in [0, 0.1) is 0 Å². The van der Waals surface area contributed by atoms with Crippen molar-refractivity contribution in [3.05, 3.63) is 107 Å². The third-order valence-corrected chi connectivity index (χ3v) is 6.58. The fraction of sp³-hybridized carbons (Fsp3) is 0.148. The van der Waals surface area contributed by atoms with Gasteiger partial charge >= 0.3 is 0 Å². The number of phenols is 1. The summed E-state index contributed by atoms with van der Waals surface area (Å²) in [6, 6.07) is 26.2. The van der Waals surface area contributed by atoms with E-state index in [0.717, 1.165) is 27.6 Å². The number of hydrogen-bond acceptors (Lipinski definition) is 2. The Bertz CT molecular complexity index is 1310. The van der Waals surface area contributed by atoms with Crippen molar-refractivity contribution in [3.63, 3.8) is 0 Å². The highest BCUT2D eigenvalue weighted by Crippen LogP contribution is 2.55. The molecule has 4 aromatic rings. The van der Waals surface area contributed by atoms with Crippen LogP contribution >= 0.6 is 11.6 Å². The maximum atomic E-state index is 13.8. The number of amides is 1. The second-order valence-electron chi connectivity index (χ2n) is 8.54. The maximum absolute atomic E-state index is 13.8. The van der Waals surface area contributed by atoms with Crippen LogP contribution in [-0.2, 0) is 5.41 Å². The summed E-state index contributed by atoms with van der Waals surface area (Å²) >= 11 is 6.06. The van der Waals surface area contributed by atoms with E-state index >= 15 is 0 Å². The summed E-state index contributed by atoms with van der Waals surface area (Å²) in [5.74, 6) is 0.0745. The molecule has 1 amide bonds. The number of carbonyl (C=O) groups is 1. The Hall–Kier alpha value is -3.30. The van der Waals surface area contributed by atoms with Crippen molar-refractivity contribution in [2.75, 3.05) is 4.90 Å². The molecule has 31 heavy (non-hydrogen) atoms. The molecule has 0 bridgehead atoms. The Morgan fingerprint density at radius 1 is 0.903 bits per heavy atom. The van der Waals surface area contributed by atoms with Crippen molar-refractivity contribution < 1.29 is 9.90 Å². The highest BCUT2D eigenvalue weighted by Gasteiger charge is 2.49. The smallest absolute Gasteiger partial charge is 0.258 e. The lowest BCUT2D eigenvalue weighted by atomic mass is 9.76. The zero-order valence-electron chi connectivity index (χ0n) is 17.3. The number of hydrogen-bond donors (Lipinski definition) is 1. The van der Waals surface area contributed by atoms with Crippen LogP contribution in [0.5, 0.6) is 5.75 Å². The van der Waals surface area contributed by atoms with Crippen LogP contribution in [0.15, 0.2) is 84.9 Å². The zero-order chi connectivity index (χ0) is 21.8. The summed E-state index contributed by atoms with van der Waals surface area (Å²) < 4.78 is 0. The first-order valence-electron chi connectivity index (χ1n) is 10.3.